The maximum Gasteiger partial charge on any atom is 0.178 e. The van der Waals surface area contributed by atoms with Gasteiger partial charge in [-0.15, -0.1) is 15.3 Å². The molecule has 5 rings (SSSR count). The maximum atomic E-state index is 4.82. The van der Waals surface area contributed by atoms with E-state index < -0.39 is 0 Å². The van der Waals surface area contributed by atoms with E-state index in [1.807, 2.05) is 29.3 Å². The van der Waals surface area contributed by atoms with Crippen molar-refractivity contribution in [3.63, 3.8) is 0 Å². The van der Waals surface area contributed by atoms with Crippen molar-refractivity contribution >= 4 is 11.5 Å². The average molecular weight is 352 g/mol. The SMILES string of the molecule is c1cn(CCN2CCC(c3nnc4ccc(N5CCC5)nn34)CC2)cn1. The van der Waals surface area contributed by atoms with Gasteiger partial charge in [-0.1, -0.05) is 0 Å². The standard InChI is InChI=1S/C18H24N8/c1-7-25(8-1)17-3-2-16-20-21-18(26(16)22-17)15-4-9-23(10-5-15)12-13-24-11-6-19-14-24/h2-3,6,11,14-15H,1,4-5,7-10,12-13H2. The molecule has 0 bridgehead atoms. The van der Waals surface area contributed by atoms with E-state index >= 15 is 0 Å². The van der Waals surface area contributed by atoms with Crippen LogP contribution in [0.1, 0.15) is 31.0 Å². The highest BCUT2D eigenvalue weighted by Gasteiger charge is 2.25. The normalized spacial score (nSPS) is 19.2. The molecular weight excluding hydrogens is 328 g/mol. The number of hydrogen-bond acceptors (Lipinski definition) is 6. The predicted molar refractivity (Wildman–Crippen MR) is 98.3 cm³/mol. The zero-order valence-corrected chi connectivity index (χ0v) is 14.9. The van der Waals surface area contributed by atoms with Gasteiger partial charge < -0.3 is 14.4 Å². The maximum absolute atomic E-state index is 4.82. The fraction of sp³-hybridized carbons (Fsp3) is 0.556. The molecule has 5 heterocycles. The number of hydrogen-bond donors (Lipinski definition) is 0. The van der Waals surface area contributed by atoms with Gasteiger partial charge in [-0.05, 0) is 44.5 Å². The second-order valence-corrected chi connectivity index (χ2v) is 7.28. The van der Waals surface area contributed by atoms with Gasteiger partial charge in [0.1, 0.15) is 5.82 Å². The van der Waals surface area contributed by atoms with Crippen molar-refractivity contribution in [3.8, 4) is 0 Å². The topological polar surface area (TPSA) is 67.4 Å². The fourth-order valence-corrected chi connectivity index (χ4v) is 3.86. The first kappa shape index (κ1) is 15.7. The lowest BCUT2D eigenvalue weighted by atomic mass is 9.96. The van der Waals surface area contributed by atoms with E-state index in [1.165, 1.54) is 6.42 Å². The van der Waals surface area contributed by atoms with Crippen LogP contribution in [-0.2, 0) is 6.54 Å². The molecule has 2 aliphatic heterocycles. The summed E-state index contributed by atoms with van der Waals surface area (Å²) in [6, 6.07) is 4.10. The van der Waals surface area contributed by atoms with Crippen LogP contribution in [0.15, 0.2) is 30.9 Å². The second kappa shape index (κ2) is 6.68. The number of imidazole rings is 1. The molecule has 0 aromatic carbocycles. The van der Waals surface area contributed by atoms with Gasteiger partial charge in [0.05, 0.1) is 6.33 Å². The Kier molecular flexibility index (Phi) is 4.05. The number of piperidine rings is 1. The van der Waals surface area contributed by atoms with Gasteiger partial charge in [0.15, 0.2) is 11.5 Å². The van der Waals surface area contributed by atoms with Gasteiger partial charge in [0.2, 0.25) is 0 Å². The Morgan fingerprint density at radius 2 is 1.88 bits per heavy atom. The number of likely N-dealkylation sites (tertiary alicyclic amines) is 1. The molecule has 0 unspecified atom stereocenters. The van der Waals surface area contributed by atoms with Crippen molar-refractivity contribution in [2.75, 3.05) is 37.6 Å². The first-order valence-electron chi connectivity index (χ1n) is 9.52. The minimum absolute atomic E-state index is 0.439. The molecule has 2 saturated heterocycles. The Bertz CT molecular complexity index is 859. The highest BCUT2D eigenvalue weighted by atomic mass is 15.4. The third-order valence-corrected chi connectivity index (χ3v) is 5.64. The van der Waals surface area contributed by atoms with Crippen molar-refractivity contribution in [1.82, 2.24) is 34.3 Å². The number of nitrogens with zero attached hydrogens (tertiary/aromatic N) is 8. The molecule has 2 fully saturated rings. The molecule has 0 atom stereocenters. The summed E-state index contributed by atoms with van der Waals surface area (Å²) < 4.78 is 4.11. The monoisotopic (exact) mass is 352 g/mol. The van der Waals surface area contributed by atoms with E-state index in [0.29, 0.717) is 5.92 Å². The van der Waals surface area contributed by atoms with Crippen LogP contribution in [0.3, 0.4) is 0 Å². The Hall–Kier alpha value is -2.48. The molecule has 8 heteroatoms. The van der Waals surface area contributed by atoms with Crippen molar-refractivity contribution in [3.05, 3.63) is 36.7 Å². The first-order chi connectivity index (χ1) is 12.9. The zero-order chi connectivity index (χ0) is 17.3. The van der Waals surface area contributed by atoms with Gasteiger partial charge in [0, 0.05) is 44.5 Å². The molecule has 0 amide bonds. The quantitative estimate of drug-likeness (QED) is 0.692. The van der Waals surface area contributed by atoms with E-state index in [-0.39, 0.29) is 0 Å². The summed E-state index contributed by atoms with van der Waals surface area (Å²) in [6.07, 6.45) is 9.23. The lowest BCUT2D eigenvalue weighted by Crippen LogP contribution is -2.38. The summed E-state index contributed by atoms with van der Waals surface area (Å²) in [4.78, 5) is 8.94. The summed E-state index contributed by atoms with van der Waals surface area (Å²) in [6.45, 7) is 6.47. The van der Waals surface area contributed by atoms with Crippen LogP contribution < -0.4 is 4.90 Å². The van der Waals surface area contributed by atoms with Crippen molar-refractivity contribution in [1.29, 1.82) is 0 Å². The molecule has 8 nitrogen and oxygen atoms in total. The fourth-order valence-electron chi connectivity index (χ4n) is 3.86. The van der Waals surface area contributed by atoms with Crippen LogP contribution in [0.4, 0.5) is 5.82 Å². The minimum Gasteiger partial charge on any atom is -0.355 e. The molecular formula is C18H24N8. The zero-order valence-electron chi connectivity index (χ0n) is 14.9. The van der Waals surface area contributed by atoms with E-state index in [9.17, 15) is 0 Å². The molecule has 3 aromatic rings. The number of aromatic nitrogens is 6. The Morgan fingerprint density at radius 1 is 1.00 bits per heavy atom. The summed E-state index contributed by atoms with van der Waals surface area (Å²) in [5, 5.41) is 13.6. The third-order valence-electron chi connectivity index (χ3n) is 5.64. The summed E-state index contributed by atoms with van der Waals surface area (Å²) in [5.41, 5.74) is 0.854. The summed E-state index contributed by atoms with van der Waals surface area (Å²) in [5.74, 6) is 2.51. The van der Waals surface area contributed by atoms with Crippen LogP contribution in [-0.4, -0.2) is 67.0 Å². The smallest absolute Gasteiger partial charge is 0.178 e. The minimum atomic E-state index is 0.439. The Balaban J connectivity index is 1.25. The van der Waals surface area contributed by atoms with E-state index in [4.69, 9.17) is 5.10 Å². The Morgan fingerprint density at radius 3 is 2.62 bits per heavy atom. The van der Waals surface area contributed by atoms with Gasteiger partial charge in [-0.25, -0.2) is 4.98 Å². The van der Waals surface area contributed by atoms with Gasteiger partial charge in [0.25, 0.3) is 0 Å². The number of fused-ring (bicyclic) bond motifs is 1. The molecule has 0 aliphatic carbocycles. The molecule has 0 N–H and O–H groups in total. The van der Waals surface area contributed by atoms with Crippen LogP contribution in [0.2, 0.25) is 0 Å². The molecule has 2 aliphatic rings. The molecule has 0 spiro atoms. The highest BCUT2D eigenvalue weighted by molar-refractivity contribution is 5.47. The van der Waals surface area contributed by atoms with Crippen LogP contribution in [0.5, 0.6) is 0 Å². The molecule has 0 saturated carbocycles. The molecule has 3 aromatic heterocycles. The van der Waals surface area contributed by atoms with E-state index in [0.717, 1.165) is 69.4 Å². The van der Waals surface area contributed by atoms with Crippen LogP contribution >= 0.6 is 0 Å². The van der Waals surface area contributed by atoms with Gasteiger partial charge in [-0.3, -0.25) is 0 Å². The molecule has 136 valence electrons. The predicted octanol–water partition coefficient (Wildman–Crippen LogP) is 1.41. The van der Waals surface area contributed by atoms with Crippen LogP contribution in [0.25, 0.3) is 5.65 Å². The second-order valence-electron chi connectivity index (χ2n) is 7.28. The third kappa shape index (κ3) is 2.94. The van der Waals surface area contributed by atoms with Gasteiger partial charge in [-0.2, -0.15) is 4.52 Å². The van der Waals surface area contributed by atoms with Gasteiger partial charge >= 0.3 is 0 Å². The summed E-state index contributed by atoms with van der Waals surface area (Å²) in [7, 11) is 0. The number of anilines is 1. The highest BCUT2D eigenvalue weighted by Crippen LogP contribution is 2.27. The first-order valence-corrected chi connectivity index (χ1v) is 9.52. The van der Waals surface area contributed by atoms with E-state index in [1.54, 1.807) is 0 Å². The van der Waals surface area contributed by atoms with Crippen molar-refractivity contribution in [2.45, 2.75) is 31.7 Å². The van der Waals surface area contributed by atoms with Crippen LogP contribution in [0, 0.1) is 0 Å². The van der Waals surface area contributed by atoms with Crippen molar-refractivity contribution < 1.29 is 0 Å². The Labute approximate surface area is 152 Å². The largest absolute Gasteiger partial charge is 0.355 e. The van der Waals surface area contributed by atoms with E-state index in [2.05, 4.69) is 35.6 Å². The summed E-state index contributed by atoms with van der Waals surface area (Å²) >= 11 is 0. The lowest BCUT2D eigenvalue weighted by molar-refractivity contribution is 0.201. The molecule has 26 heavy (non-hydrogen) atoms. The lowest BCUT2D eigenvalue weighted by Gasteiger charge is -2.32. The average Bonchev–Trinajstić information content (AvgIpc) is 3.28. The number of rotatable bonds is 5. The van der Waals surface area contributed by atoms with Crippen molar-refractivity contribution in [2.24, 2.45) is 0 Å². The molecule has 0 radical (unpaired) electrons.